The number of carbonyl (C=O) groups excluding carboxylic acids is 3. The second-order valence-corrected chi connectivity index (χ2v) is 11.5. The molecule has 4 atom stereocenters. The zero-order chi connectivity index (χ0) is 31.2. The van der Waals surface area contributed by atoms with Crippen molar-refractivity contribution in [2.75, 3.05) is 18.6 Å². The van der Waals surface area contributed by atoms with Gasteiger partial charge in [0, 0.05) is 23.6 Å². The molecule has 2 rings (SSSR count). The van der Waals surface area contributed by atoms with Gasteiger partial charge in [-0.3, -0.25) is 19.4 Å². The van der Waals surface area contributed by atoms with E-state index in [-0.39, 0.29) is 37.7 Å². The van der Waals surface area contributed by atoms with Gasteiger partial charge in [-0.1, -0.05) is 32.0 Å². The van der Waals surface area contributed by atoms with Crippen molar-refractivity contribution in [3.05, 3.63) is 36.0 Å². The molecule has 11 N–H and O–H groups in total. The molecule has 0 aliphatic heterocycles. The first kappa shape index (κ1) is 34.4. The molecule has 0 radical (unpaired) electrons. The van der Waals surface area contributed by atoms with Crippen molar-refractivity contribution in [1.82, 2.24) is 20.9 Å². The molecule has 3 amide bonds. The van der Waals surface area contributed by atoms with Crippen molar-refractivity contribution in [2.24, 2.45) is 28.1 Å². The van der Waals surface area contributed by atoms with E-state index in [9.17, 15) is 24.3 Å². The Balaban J connectivity index is 2.09. The molecule has 0 aliphatic carbocycles. The van der Waals surface area contributed by atoms with Gasteiger partial charge in [0.25, 0.3) is 0 Å². The number of rotatable bonds is 18. The van der Waals surface area contributed by atoms with Crippen LogP contribution in [0.3, 0.4) is 0 Å². The Hall–Kier alpha value is -3.78. The fourth-order valence-corrected chi connectivity index (χ4v) is 4.89. The highest BCUT2D eigenvalue weighted by Gasteiger charge is 2.30. The van der Waals surface area contributed by atoms with Crippen LogP contribution < -0.4 is 33.2 Å². The second-order valence-electron chi connectivity index (χ2n) is 10.6. The minimum absolute atomic E-state index is 0.00929. The van der Waals surface area contributed by atoms with E-state index in [0.717, 1.165) is 16.5 Å². The number of nitrogens with two attached hydrogens (primary N) is 3. The molecule has 0 saturated heterocycles. The highest BCUT2D eigenvalue weighted by Crippen LogP contribution is 2.19. The monoisotopic (exact) mass is 604 g/mol. The Kier molecular flexibility index (Phi) is 14.1. The lowest BCUT2D eigenvalue weighted by atomic mass is 10.0. The maximum absolute atomic E-state index is 13.4. The number of para-hydroxylation sites is 1. The van der Waals surface area contributed by atoms with Crippen molar-refractivity contribution in [2.45, 2.75) is 70.1 Å². The summed E-state index contributed by atoms with van der Waals surface area (Å²) in [6.07, 6.45) is 4.98. The fraction of sp³-hybridized carbons (Fsp3) is 0.536. The van der Waals surface area contributed by atoms with E-state index in [1.807, 2.05) is 50.6 Å². The number of aliphatic imine (C=N–C) groups is 1. The van der Waals surface area contributed by atoms with E-state index in [1.165, 1.54) is 11.8 Å². The number of aromatic amines is 1. The summed E-state index contributed by atoms with van der Waals surface area (Å²) in [5.74, 6) is -2.39. The number of benzene rings is 1. The van der Waals surface area contributed by atoms with E-state index >= 15 is 0 Å². The molecule has 4 unspecified atom stereocenters. The number of nitrogens with zero attached hydrogens (tertiary/aromatic N) is 1. The van der Waals surface area contributed by atoms with Crippen LogP contribution in [0.1, 0.15) is 45.1 Å². The van der Waals surface area contributed by atoms with Crippen LogP contribution >= 0.6 is 11.8 Å². The van der Waals surface area contributed by atoms with Gasteiger partial charge in [0.2, 0.25) is 17.7 Å². The van der Waals surface area contributed by atoms with Crippen LogP contribution in [0.15, 0.2) is 35.5 Å². The summed E-state index contributed by atoms with van der Waals surface area (Å²) >= 11 is 1.51. The van der Waals surface area contributed by atoms with Gasteiger partial charge in [0.1, 0.15) is 18.1 Å². The quantitative estimate of drug-likeness (QED) is 0.0669. The van der Waals surface area contributed by atoms with Gasteiger partial charge in [-0.2, -0.15) is 11.8 Å². The predicted octanol–water partition coefficient (Wildman–Crippen LogP) is 0.430. The van der Waals surface area contributed by atoms with Crippen LogP contribution in [0.2, 0.25) is 0 Å². The molecule has 0 aliphatic rings. The number of fused-ring (bicyclic) bond motifs is 1. The van der Waals surface area contributed by atoms with Gasteiger partial charge in [0.15, 0.2) is 5.96 Å². The Bertz CT molecular complexity index is 1230. The lowest BCUT2D eigenvalue weighted by molar-refractivity contribution is -0.142. The Morgan fingerprint density at radius 3 is 2.26 bits per heavy atom. The standard InChI is InChI=1S/C28H44N8O5S/c1-16(2)13-23(26(39)35-22(27(40)41)9-6-11-32-28(30)31)36-25(38)21(10-12-42-3)34-24(37)19(29)14-17-15-33-20-8-5-4-7-18(17)20/h4-5,7-8,15-16,19,21-23,33H,6,9-14,29H2,1-3H3,(H,34,37)(H,35,39)(H,36,38)(H,40,41)(H4,30,31,32). The highest BCUT2D eigenvalue weighted by atomic mass is 32.2. The molecule has 232 valence electrons. The first-order valence-corrected chi connectivity index (χ1v) is 15.3. The first-order valence-electron chi connectivity index (χ1n) is 13.9. The van der Waals surface area contributed by atoms with Crippen LogP contribution in [-0.4, -0.2) is 82.5 Å². The maximum Gasteiger partial charge on any atom is 0.326 e. The van der Waals surface area contributed by atoms with Crippen molar-refractivity contribution >= 4 is 52.3 Å². The van der Waals surface area contributed by atoms with E-state index in [1.54, 1.807) is 0 Å². The smallest absolute Gasteiger partial charge is 0.326 e. The number of thioether (sulfide) groups is 1. The summed E-state index contributed by atoms with van der Waals surface area (Å²) in [4.78, 5) is 58.4. The first-order chi connectivity index (χ1) is 19.9. The van der Waals surface area contributed by atoms with Crippen LogP contribution in [0.5, 0.6) is 0 Å². The summed E-state index contributed by atoms with van der Waals surface area (Å²) in [6, 6.07) is 3.66. The molecule has 0 saturated carbocycles. The lowest BCUT2D eigenvalue weighted by Crippen LogP contribution is -2.57. The number of guanidine groups is 1. The van der Waals surface area contributed by atoms with Gasteiger partial charge < -0.3 is 43.2 Å². The number of aromatic nitrogens is 1. The second kappa shape index (κ2) is 17.2. The number of carboxylic acid groups (broad SMARTS) is 1. The average Bonchev–Trinajstić information content (AvgIpc) is 3.34. The van der Waals surface area contributed by atoms with E-state index in [2.05, 4.69) is 25.9 Å². The third kappa shape index (κ3) is 11.2. The van der Waals surface area contributed by atoms with Crippen LogP contribution in [0.4, 0.5) is 0 Å². The molecule has 0 bridgehead atoms. The maximum atomic E-state index is 13.4. The number of carbonyl (C=O) groups is 4. The minimum atomic E-state index is -1.21. The van der Waals surface area contributed by atoms with Gasteiger partial charge in [-0.15, -0.1) is 0 Å². The van der Waals surface area contributed by atoms with E-state index < -0.39 is 47.9 Å². The number of hydrogen-bond acceptors (Lipinski definition) is 7. The number of H-pyrrole nitrogens is 1. The summed E-state index contributed by atoms with van der Waals surface area (Å²) in [5.41, 5.74) is 18.7. The summed E-state index contributed by atoms with van der Waals surface area (Å²) in [7, 11) is 0. The van der Waals surface area contributed by atoms with Crippen LogP contribution in [0.25, 0.3) is 10.9 Å². The molecule has 1 aromatic heterocycles. The molecule has 1 aromatic carbocycles. The van der Waals surface area contributed by atoms with Crippen LogP contribution in [0, 0.1) is 5.92 Å². The number of nitrogens with one attached hydrogen (secondary N) is 4. The van der Waals surface area contributed by atoms with Gasteiger partial charge in [-0.25, -0.2) is 4.79 Å². The fourth-order valence-electron chi connectivity index (χ4n) is 4.42. The summed E-state index contributed by atoms with van der Waals surface area (Å²) in [5, 5.41) is 18.6. The van der Waals surface area contributed by atoms with Gasteiger partial charge in [0.05, 0.1) is 6.04 Å². The molecule has 2 aromatic rings. The van der Waals surface area contributed by atoms with Crippen molar-refractivity contribution in [3.63, 3.8) is 0 Å². The van der Waals surface area contributed by atoms with Gasteiger partial charge in [-0.05, 0) is 61.7 Å². The molecule has 1 heterocycles. The molecule has 42 heavy (non-hydrogen) atoms. The van der Waals surface area contributed by atoms with Crippen molar-refractivity contribution in [3.8, 4) is 0 Å². The topological polar surface area (TPSA) is 231 Å². The SMILES string of the molecule is CSCCC(NC(=O)C(N)Cc1c[nH]c2ccccc12)C(=O)NC(CC(C)C)C(=O)NC(CCCN=C(N)N)C(=O)O. The molecule has 0 spiro atoms. The molecule has 14 heteroatoms. The number of carboxylic acids is 1. The summed E-state index contributed by atoms with van der Waals surface area (Å²) < 4.78 is 0. The average molecular weight is 605 g/mol. The molecule has 0 fully saturated rings. The zero-order valence-corrected chi connectivity index (χ0v) is 25.2. The number of amides is 3. The Labute approximate surface area is 250 Å². The van der Waals surface area contributed by atoms with Crippen LogP contribution in [-0.2, 0) is 25.6 Å². The third-order valence-corrected chi connectivity index (χ3v) is 7.24. The Morgan fingerprint density at radius 2 is 1.62 bits per heavy atom. The lowest BCUT2D eigenvalue weighted by Gasteiger charge is -2.26. The highest BCUT2D eigenvalue weighted by molar-refractivity contribution is 7.98. The zero-order valence-electron chi connectivity index (χ0n) is 24.4. The molecule has 13 nitrogen and oxygen atoms in total. The Morgan fingerprint density at radius 1 is 0.976 bits per heavy atom. The van der Waals surface area contributed by atoms with E-state index in [0.29, 0.717) is 18.6 Å². The number of aliphatic carboxylic acids is 1. The summed E-state index contributed by atoms with van der Waals surface area (Å²) in [6.45, 7) is 3.98. The van der Waals surface area contributed by atoms with E-state index in [4.69, 9.17) is 17.2 Å². The molecular weight excluding hydrogens is 560 g/mol. The predicted molar refractivity (Wildman–Crippen MR) is 166 cm³/mol. The van der Waals surface area contributed by atoms with Crippen molar-refractivity contribution in [1.29, 1.82) is 0 Å². The third-order valence-electron chi connectivity index (χ3n) is 6.60. The van der Waals surface area contributed by atoms with Crippen molar-refractivity contribution < 1.29 is 24.3 Å². The largest absolute Gasteiger partial charge is 0.480 e. The molecular formula is C28H44N8O5S. The minimum Gasteiger partial charge on any atom is -0.480 e. The number of hydrogen-bond donors (Lipinski definition) is 8. The normalized spacial score (nSPS) is 14.0. The van der Waals surface area contributed by atoms with Gasteiger partial charge >= 0.3 is 5.97 Å².